The molecule has 18 heavy (non-hydrogen) atoms. The molecule has 1 heterocycles. The van der Waals surface area contributed by atoms with Crippen LogP contribution in [0.25, 0.3) is 0 Å². The Balaban J connectivity index is 1.91. The summed E-state index contributed by atoms with van der Waals surface area (Å²) >= 11 is 0. The Bertz CT molecular complexity index is 613. The number of aryl methyl sites for hydroxylation is 1. The quantitative estimate of drug-likeness (QED) is 0.756. The molecule has 2 aromatic rings. The Kier molecular flexibility index (Phi) is 2.53. The Morgan fingerprint density at radius 1 is 1.06 bits per heavy atom. The minimum atomic E-state index is 0.760. The number of hydrogen-bond donors (Lipinski definition) is 0. The van der Waals surface area contributed by atoms with Crippen LogP contribution in [0, 0.1) is 18.3 Å². The van der Waals surface area contributed by atoms with Crippen molar-refractivity contribution in [3.05, 3.63) is 64.7 Å². The molecule has 0 aromatic heterocycles. The fourth-order valence-corrected chi connectivity index (χ4v) is 2.49. The first-order valence-corrected chi connectivity index (χ1v) is 6.10. The van der Waals surface area contributed by atoms with E-state index in [0.29, 0.717) is 0 Å². The number of hydrogen-bond acceptors (Lipinski definition) is 2. The van der Waals surface area contributed by atoms with E-state index in [2.05, 4.69) is 41.3 Å². The van der Waals surface area contributed by atoms with Crippen molar-refractivity contribution >= 4 is 5.69 Å². The Morgan fingerprint density at radius 3 is 2.28 bits per heavy atom. The molecule has 2 aromatic carbocycles. The van der Waals surface area contributed by atoms with Crippen LogP contribution in [0.2, 0.25) is 0 Å². The molecule has 0 aliphatic carbocycles. The van der Waals surface area contributed by atoms with E-state index in [1.807, 2.05) is 19.1 Å². The second-order valence-electron chi connectivity index (χ2n) is 4.74. The third kappa shape index (κ3) is 1.74. The second kappa shape index (κ2) is 4.19. The molecular formula is C16H14N2. The zero-order valence-corrected chi connectivity index (χ0v) is 10.4. The maximum Gasteiger partial charge on any atom is 0.0994 e. The predicted octanol–water partition coefficient (Wildman–Crippen LogP) is 3.39. The van der Waals surface area contributed by atoms with Gasteiger partial charge < -0.3 is 4.90 Å². The predicted molar refractivity (Wildman–Crippen MR) is 72.2 cm³/mol. The lowest BCUT2D eigenvalue weighted by atomic mass is 10.1. The largest absolute Gasteiger partial charge is 0.363 e. The van der Waals surface area contributed by atoms with E-state index < -0.39 is 0 Å². The van der Waals surface area contributed by atoms with E-state index in [0.717, 1.165) is 24.2 Å². The summed E-state index contributed by atoms with van der Waals surface area (Å²) in [7, 11) is 0. The maximum atomic E-state index is 8.95. The van der Waals surface area contributed by atoms with E-state index in [9.17, 15) is 0 Å². The fourth-order valence-electron chi connectivity index (χ4n) is 2.49. The third-order valence-electron chi connectivity index (χ3n) is 3.54. The second-order valence-corrected chi connectivity index (χ2v) is 4.74. The first-order valence-electron chi connectivity index (χ1n) is 6.10. The normalized spacial score (nSPS) is 13.2. The molecule has 88 valence electrons. The Hall–Kier alpha value is -2.27. The highest BCUT2D eigenvalue weighted by atomic mass is 15.1. The van der Waals surface area contributed by atoms with Gasteiger partial charge in [0, 0.05) is 18.8 Å². The number of nitrogens with zero attached hydrogens (tertiary/aromatic N) is 2. The molecule has 0 unspecified atom stereocenters. The lowest BCUT2D eigenvalue weighted by Crippen LogP contribution is -2.14. The van der Waals surface area contributed by atoms with E-state index in [1.165, 1.54) is 16.8 Å². The molecule has 0 atom stereocenters. The van der Waals surface area contributed by atoms with Gasteiger partial charge >= 0.3 is 0 Å². The van der Waals surface area contributed by atoms with E-state index in [1.54, 1.807) is 0 Å². The van der Waals surface area contributed by atoms with Crippen molar-refractivity contribution in [2.45, 2.75) is 20.0 Å². The average molecular weight is 234 g/mol. The molecule has 2 nitrogen and oxygen atoms in total. The summed E-state index contributed by atoms with van der Waals surface area (Å²) in [5.41, 5.74) is 5.81. The first-order chi connectivity index (χ1) is 8.78. The molecule has 0 fully saturated rings. The number of benzene rings is 2. The summed E-state index contributed by atoms with van der Waals surface area (Å²) in [5, 5.41) is 8.95. The van der Waals surface area contributed by atoms with E-state index in [-0.39, 0.29) is 0 Å². The summed E-state index contributed by atoms with van der Waals surface area (Å²) in [4.78, 5) is 2.35. The van der Waals surface area contributed by atoms with Gasteiger partial charge in [-0.2, -0.15) is 5.26 Å². The van der Waals surface area contributed by atoms with Crippen LogP contribution in [-0.2, 0) is 13.1 Å². The maximum absolute atomic E-state index is 8.95. The highest BCUT2D eigenvalue weighted by molar-refractivity contribution is 5.56. The first kappa shape index (κ1) is 10.9. The molecule has 0 spiro atoms. The fraction of sp³-hybridized carbons (Fsp3) is 0.188. The number of rotatable bonds is 1. The van der Waals surface area contributed by atoms with Gasteiger partial charge in [0.15, 0.2) is 0 Å². The van der Waals surface area contributed by atoms with Crippen LogP contribution >= 0.6 is 0 Å². The molecule has 3 rings (SSSR count). The number of anilines is 1. The Labute approximate surface area is 107 Å². The van der Waals surface area contributed by atoms with Crippen LogP contribution in [0.1, 0.15) is 22.3 Å². The van der Waals surface area contributed by atoms with Gasteiger partial charge in [0.1, 0.15) is 0 Å². The highest BCUT2D eigenvalue weighted by Gasteiger charge is 2.18. The van der Waals surface area contributed by atoms with Crippen molar-refractivity contribution in [3.63, 3.8) is 0 Å². The summed E-state index contributed by atoms with van der Waals surface area (Å²) in [5.74, 6) is 0. The highest BCUT2D eigenvalue weighted by Crippen LogP contribution is 2.29. The van der Waals surface area contributed by atoms with Crippen LogP contribution in [0.15, 0.2) is 42.5 Å². The summed E-state index contributed by atoms with van der Waals surface area (Å²) in [6.07, 6.45) is 0. The summed E-state index contributed by atoms with van der Waals surface area (Å²) in [6.45, 7) is 3.91. The van der Waals surface area contributed by atoms with Crippen LogP contribution in [0.4, 0.5) is 5.69 Å². The van der Waals surface area contributed by atoms with Gasteiger partial charge in [0.2, 0.25) is 0 Å². The van der Waals surface area contributed by atoms with Gasteiger partial charge in [-0.05, 0) is 41.8 Å². The van der Waals surface area contributed by atoms with Crippen LogP contribution in [-0.4, -0.2) is 0 Å². The van der Waals surface area contributed by atoms with Crippen molar-refractivity contribution in [2.24, 2.45) is 0 Å². The van der Waals surface area contributed by atoms with Gasteiger partial charge in [-0.3, -0.25) is 0 Å². The van der Waals surface area contributed by atoms with Gasteiger partial charge in [0.05, 0.1) is 11.6 Å². The zero-order chi connectivity index (χ0) is 12.5. The molecule has 0 amide bonds. The molecule has 1 aliphatic heterocycles. The van der Waals surface area contributed by atoms with E-state index >= 15 is 0 Å². The van der Waals surface area contributed by atoms with Crippen LogP contribution in [0.3, 0.4) is 0 Å². The van der Waals surface area contributed by atoms with Gasteiger partial charge in [-0.15, -0.1) is 0 Å². The lowest BCUT2D eigenvalue weighted by molar-refractivity contribution is 0.879. The van der Waals surface area contributed by atoms with Gasteiger partial charge in [-0.25, -0.2) is 0 Å². The van der Waals surface area contributed by atoms with Crippen LogP contribution < -0.4 is 4.90 Å². The lowest BCUT2D eigenvalue weighted by Gasteiger charge is -2.18. The Morgan fingerprint density at radius 2 is 1.72 bits per heavy atom. The molecule has 0 saturated carbocycles. The van der Waals surface area contributed by atoms with Gasteiger partial charge in [-0.1, -0.05) is 24.3 Å². The minimum absolute atomic E-state index is 0.760. The third-order valence-corrected chi connectivity index (χ3v) is 3.54. The van der Waals surface area contributed by atoms with Crippen molar-refractivity contribution in [3.8, 4) is 6.07 Å². The summed E-state index contributed by atoms with van der Waals surface area (Å²) in [6, 6.07) is 16.8. The molecule has 0 N–H and O–H groups in total. The molecule has 0 saturated heterocycles. The average Bonchev–Trinajstić information content (AvgIpc) is 2.82. The molecular weight excluding hydrogens is 220 g/mol. The van der Waals surface area contributed by atoms with Crippen molar-refractivity contribution in [1.29, 1.82) is 5.26 Å². The molecule has 0 bridgehead atoms. The van der Waals surface area contributed by atoms with Crippen LogP contribution in [0.5, 0.6) is 0 Å². The number of nitriles is 1. The SMILES string of the molecule is Cc1cc(N2Cc3ccccc3C2)ccc1C#N. The van der Waals surface area contributed by atoms with Crippen molar-refractivity contribution < 1.29 is 0 Å². The monoisotopic (exact) mass is 234 g/mol. The summed E-state index contributed by atoms with van der Waals surface area (Å²) < 4.78 is 0. The van der Waals surface area contributed by atoms with Gasteiger partial charge in [0.25, 0.3) is 0 Å². The standard InChI is InChI=1S/C16H14N2/c1-12-8-16(7-6-13(12)9-17)18-10-14-4-2-3-5-15(14)11-18/h2-8H,10-11H2,1H3. The molecule has 2 heteroatoms. The zero-order valence-electron chi connectivity index (χ0n) is 10.4. The van der Waals surface area contributed by atoms with E-state index in [4.69, 9.17) is 5.26 Å². The minimum Gasteiger partial charge on any atom is -0.363 e. The van der Waals surface area contributed by atoms with Crippen molar-refractivity contribution in [2.75, 3.05) is 4.90 Å². The topological polar surface area (TPSA) is 27.0 Å². The molecule has 1 aliphatic rings. The smallest absolute Gasteiger partial charge is 0.0994 e. The molecule has 0 radical (unpaired) electrons. The van der Waals surface area contributed by atoms with Crippen molar-refractivity contribution in [1.82, 2.24) is 0 Å². The number of fused-ring (bicyclic) bond motifs is 1.